The van der Waals surface area contributed by atoms with Crippen LogP contribution in [0.2, 0.25) is 0 Å². The van der Waals surface area contributed by atoms with Gasteiger partial charge in [0.05, 0.1) is 6.61 Å². The third kappa shape index (κ3) is 3.80. The molecule has 106 valence electrons. The predicted molar refractivity (Wildman–Crippen MR) is 80.7 cm³/mol. The van der Waals surface area contributed by atoms with Gasteiger partial charge < -0.3 is 10.1 Å². The molecule has 0 bridgehead atoms. The smallest absolute Gasteiger partial charge is 0.0625 e. The van der Waals surface area contributed by atoms with Crippen LogP contribution in [0.15, 0.2) is 24.3 Å². The molecule has 0 heterocycles. The van der Waals surface area contributed by atoms with Crippen molar-refractivity contribution in [2.45, 2.75) is 51.5 Å². The number of hydrogen-bond donors (Lipinski definition) is 1. The fourth-order valence-electron chi connectivity index (χ4n) is 3.14. The van der Waals surface area contributed by atoms with Crippen LogP contribution in [-0.2, 0) is 11.2 Å². The fourth-order valence-corrected chi connectivity index (χ4v) is 3.14. The number of benzene rings is 1. The first-order valence-corrected chi connectivity index (χ1v) is 7.75. The molecule has 0 amide bonds. The maximum atomic E-state index is 5.80. The van der Waals surface area contributed by atoms with Gasteiger partial charge >= 0.3 is 0 Å². The van der Waals surface area contributed by atoms with Gasteiger partial charge in [0.25, 0.3) is 0 Å². The van der Waals surface area contributed by atoms with Gasteiger partial charge in [0, 0.05) is 18.6 Å². The highest BCUT2D eigenvalue weighted by molar-refractivity contribution is 5.33. The number of likely N-dealkylation sites (N-methyl/N-ethyl adjacent to an activating group) is 1. The van der Waals surface area contributed by atoms with Gasteiger partial charge in [-0.25, -0.2) is 0 Å². The Balaban J connectivity index is 2.08. The van der Waals surface area contributed by atoms with E-state index in [-0.39, 0.29) is 0 Å². The maximum Gasteiger partial charge on any atom is 0.0625 e. The molecular weight excluding hydrogens is 234 g/mol. The molecule has 1 N–H and O–H groups in total. The number of hydrogen-bond acceptors (Lipinski definition) is 2. The SMILES string of the molecule is CCCOCC(NCC)C1CCCc2ccccc21. The minimum atomic E-state index is 0.456. The summed E-state index contributed by atoms with van der Waals surface area (Å²) in [5.41, 5.74) is 3.08. The minimum Gasteiger partial charge on any atom is -0.380 e. The lowest BCUT2D eigenvalue weighted by Crippen LogP contribution is -2.40. The molecule has 19 heavy (non-hydrogen) atoms. The summed E-state index contributed by atoms with van der Waals surface area (Å²) in [6.45, 7) is 7.06. The van der Waals surface area contributed by atoms with Gasteiger partial charge in [0.15, 0.2) is 0 Å². The van der Waals surface area contributed by atoms with Crippen molar-refractivity contribution in [2.24, 2.45) is 0 Å². The standard InChI is InChI=1S/C17H27NO/c1-3-12-19-13-17(18-4-2)16-11-7-9-14-8-5-6-10-15(14)16/h5-6,8,10,16-18H,3-4,7,9,11-13H2,1-2H3. The zero-order valence-corrected chi connectivity index (χ0v) is 12.3. The molecule has 1 aliphatic carbocycles. The molecule has 2 rings (SSSR count). The van der Waals surface area contributed by atoms with Gasteiger partial charge in [-0.15, -0.1) is 0 Å². The third-order valence-corrected chi connectivity index (χ3v) is 4.01. The Bertz CT molecular complexity index is 377. The summed E-state index contributed by atoms with van der Waals surface area (Å²) in [5, 5.41) is 3.63. The molecule has 2 unspecified atom stereocenters. The van der Waals surface area contributed by atoms with Crippen molar-refractivity contribution in [3.63, 3.8) is 0 Å². The van der Waals surface area contributed by atoms with Gasteiger partial charge in [-0.1, -0.05) is 38.1 Å². The van der Waals surface area contributed by atoms with E-state index in [9.17, 15) is 0 Å². The lowest BCUT2D eigenvalue weighted by molar-refractivity contribution is 0.102. The number of fused-ring (bicyclic) bond motifs is 1. The van der Waals surface area contributed by atoms with E-state index in [0.717, 1.165) is 26.2 Å². The van der Waals surface area contributed by atoms with E-state index in [1.807, 2.05) is 0 Å². The van der Waals surface area contributed by atoms with Crippen LogP contribution in [0.25, 0.3) is 0 Å². The Morgan fingerprint density at radius 2 is 2.16 bits per heavy atom. The van der Waals surface area contributed by atoms with E-state index in [2.05, 4.69) is 43.4 Å². The summed E-state index contributed by atoms with van der Waals surface area (Å²) in [6, 6.07) is 9.39. The van der Waals surface area contributed by atoms with Crippen molar-refractivity contribution in [1.29, 1.82) is 0 Å². The van der Waals surface area contributed by atoms with Gasteiger partial charge in [0.2, 0.25) is 0 Å². The van der Waals surface area contributed by atoms with Crippen LogP contribution in [0.4, 0.5) is 0 Å². The van der Waals surface area contributed by atoms with Gasteiger partial charge in [-0.3, -0.25) is 0 Å². The van der Waals surface area contributed by atoms with E-state index in [4.69, 9.17) is 4.74 Å². The largest absolute Gasteiger partial charge is 0.380 e. The summed E-state index contributed by atoms with van der Waals surface area (Å²) in [4.78, 5) is 0. The Hall–Kier alpha value is -0.860. The maximum absolute atomic E-state index is 5.80. The Labute approximate surface area is 117 Å². The van der Waals surface area contributed by atoms with Gasteiger partial charge in [0.1, 0.15) is 0 Å². The molecule has 0 fully saturated rings. The number of aryl methyl sites for hydroxylation is 1. The van der Waals surface area contributed by atoms with Crippen LogP contribution in [0.5, 0.6) is 0 Å². The normalized spacial score (nSPS) is 20.0. The first-order chi connectivity index (χ1) is 9.36. The quantitative estimate of drug-likeness (QED) is 0.758. The van der Waals surface area contributed by atoms with Crippen molar-refractivity contribution in [2.75, 3.05) is 19.8 Å². The summed E-state index contributed by atoms with van der Waals surface area (Å²) in [6.07, 6.45) is 4.92. The van der Waals surface area contributed by atoms with Gasteiger partial charge in [-0.2, -0.15) is 0 Å². The molecule has 2 heteroatoms. The minimum absolute atomic E-state index is 0.456. The first-order valence-electron chi connectivity index (χ1n) is 7.75. The van der Waals surface area contributed by atoms with Crippen LogP contribution in [0.3, 0.4) is 0 Å². The zero-order chi connectivity index (χ0) is 13.5. The van der Waals surface area contributed by atoms with Crippen molar-refractivity contribution in [3.05, 3.63) is 35.4 Å². The first kappa shape index (κ1) is 14.5. The Morgan fingerprint density at radius 1 is 1.32 bits per heavy atom. The van der Waals surface area contributed by atoms with Crippen LogP contribution >= 0.6 is 0 Å². The van der Waals surface area contributed by atoms with Crippen molar-refractivity contribution < 1.29 is 4.74 Å². The Morgan fingerprint density at radius 3 is 2.95 bits per heavy atom. The molecule has 1 aromatic carbocycles. The van der Waals surface area contributed by atoms with Crippen molar-refractivity contribution >= 4 is 0 Å². The molecule has 0 aliphatic heterocycles. The van der Waals surface area contributed by atoms with E-state index in [1.165, 1.54) is 24.8 Å². The van der Waals surface area contributed by atoms with E-state index in [0.29, 0.717) is 12.0 Å². The highest BCUT2D eigenvalue weighted by Gasteiger charge is 2.27. The van der Waals surface area contributed by atoms with Crippen molar-refractivity contribution in [3.8, 4) is 0 Å². The Kier molecular flexibility index (Phi) is 5.87. The number of rotatable bonds is 7. The lowest BCUT2D eigenvalue weighted by atomic mass is 9.79. The van der Waals surface area contributed by atoms with E-state index < -0.39 is 0 Å². The second kappa shape index (κ2) is 7.66. The highest BCUT2D eigenvalue weighted by Crippen LogP contribution is 2.34. The molecule has 2 atom stereocenters. The molecule has 0 saturated heterocycles. The molecule has 2 nitrogen and oxygen atoms in total. The molecule has 0 radical (unpaired) electrons. The second-order valence-corrected chi connectivity index (χ2v) is 5.44. The number of nitrogens with one attached hydrogen (secondary N) is 1. The molecular formula is C17H27NO. The van der Waals surface area contributed by atoms with E-state index >= 15 is 0 Å². The molecule has 0 saturated carbocycles. The molecule has 1 aromatic rings. The predicted octanol–water partition coefficient (Wildman–Crippen LogP) is 3.51. The highest BCUT2D eigenvalue weighted by atomic mass is 16.5. The van der Waals surface area contributed by atoms with E-state index in [1.54, 1.807) is 5.56 Å². The monoisotopic (exact) mass is 261 g/mol. The third-order valence-electron chi connectivity index (χ3n) is 4.01. The van der Waals surface area contributed by atoms with Crippen LogP contribution in [0.1, 0.15) is 50.2 Å². The molecule has 1 aliphatic rings. The fraction of sp³-hybridized carbons (Fsp3) is 0.647. The average molecular weight is 261 g/mol. The van der Waals surface area contributed by atoms with Gasteiger partial charge in [-0.05, 0) is 43.4 Å². The zero-order valence-electron chi connectivity index (χ0n) is 12.3. The average Bonchev–Trinajstić information content (AvgIpc) is 2.46. The van der Waals surface area contributed by atoms with Crippen LogP contribution in [-0.4, -0.2) is 25.8 Å². The topological polar surface area (TPSA) is 21.3 Å². The van der Waals surface area contributed by atoms with Crippen LogP contribution < -0.4 is 5.32 Å². The molecule has 0 spiro atoms. The second-order valence-electron chi connectivity index (χ2n) is 5.44. The van der Waals surface area contributed by atoms with Crippen molar-refractivity contribution in [1.82, 2.24) is 5.32 Å². The van der Waals surface area contributed by atoms with Crippen LogP contribution in [0, 0.1) is 0 Å². The lowest BCUT2D eigenvalue weighted by Gasteiger charge is -2.33. The summed E-state index contributed by atoms with van der Waals surface area (Å²) < 4.78 is 5.80. The summed E-state index contributed by atoms with van der Waals surface area (Å²) >= 11 is 0. The molecule has 0 aromatic heterocycles. The summed E-state index contributed by atoms with van der Waals surface area (Å²) in [5.74, 6) is 0.613. The number of ether oxygens (including phenoxy) is 1. The summed E-state index contributed by atoms with van der Waals surface area (Å²) in [7, 11) is 0.